The van der Waals surface area contributed by atoms with Gasteiger partial charge in [-0.1, -0.05) is 51.3 Å². The van der Waals surface area contributed by atoms with Crippen molar-refractivity contribution < 1.29 is 0 Å². The topological polar surface area (TPSA) is 3.24 Å². The van der Waals surface area contributed by atoms with Gasteiger partial charge in [0.25, 0.3) is 0 Å². The summed E-state index contributed by atoms with van der Waals surface area (Å²) in [7, 11) is 2.30. The normalized spacial score (nSPS) is 15.7. The van der Waals surface area contributed by atoms with Crippen molar-refractivity contribution in [1.29, 1.82) is 0 Å². The van der Waals surface area contributed by atoms with E-state index in [-0.39, 0.29) is 0 Å². The van der Waals surface area contributed by atoms with Crippen LogP contribution in [0.25, 0.3) is 0 Å². The highest BCUT2D eigenvalue weighted by atomic mass is 15.2. The second kappa shape index (κ2) is 11.1. The summed E-state index contributed by atoms with van der Waals surface area (Å²) in [5, 5.41) is 0. The Hall–Kier alpha value is -0.560. The third kappa shape index (κ3) is 6.74. The van der Waals surface area contributed by atoms with Gasteiger partial charge in [-0.3, -0.25) is 0 Å². The summed E-state index contributed by atoms with van der Waals surface area (Å²) in [5.74, 6) is 0.811. The molecule has 20 heavy (non-hydrogen) atoms. The minimum atomic E-state index is 0.614. The molecule has 0 aromatic carbocycles. The third-order valence-electron chi connectivity index (χ3n) is 4.56. The summed E-state index contributed by atoms with van der Waals surface area (Å²) in [6.45, 7) is 15.4. The van der Waals surface area contributed by atoms with Gasteiger partial charge in [0.1, 0.15) is 0 Å². The van der Waals surface area contributed by atoms with Crippen molar-refractivity contribution in [2.45, 2.75) is 85.2 Å². The number of nitrogens with zero attached hydrogens (tertiary/aromatic N) is 1. The van der Waals surface area contributed by atoms with E-state index in [1.54, 1.807) is 5.57 Å². The molecule has 118 valence electrons. The van der Waals surface area contributed by atoms with Crippen molar-refractivity contribution in [1.82, 2.24) is 4.90 Å². The molecule has 0 aliphatic carbocycles. The molecule has 0 rings (SSSR count). The van der Waals surface area contributed by atoms with Gasteiger partial charge in [-0.2, -0.15) is 0 Å². The molecule has 0 fully saturated rings. The fraction of sp³-hybridized carbons (Fsp3) is 0.789. The van der Waals surface area contributed by atoms with Crippen LogP contribution in [0.3, 0.4) is 0 Å². The molecular formula is C19H37N. The third-order valence-corrected chi connectivity index (χ3v) is 4.56. The predicted octanol–water partition coefficient (Wildman–Crippen LogP) is 5.82. The van der Waals surface area contributed by atoms with E-state index < -0.39 is 0 Å². The Balaban J connectivity index is 5.04. The van der Waals surface area contributed by atoms with E-state index in [0.29, 0.717) is 12.1 Å². The Bertz CT molecular complexity index is 277. The Morgan fingerprint density at radius 2 is 1.85 bits per heavy atom. The summed E-state index contributed by atoms with van der Waals surface area (Å²) < 4.78 is 0. The first-order chi connectivity index (χ1) is 9.51. The van der Waals surface area contributed by atoms with E-state index >= 15 is 0 Å². The molecule has 1 nitrogen and oxygen atoms in total. The van der Waals surface area contributed by atoms with Gasteiger partial charge in [-0.15, -0.1) is 6.58 Å². The van der Waals surface area contributed by atoms with Crippen LogP contribution in [0.5, 0.6) is 0 Å². The second-order valence-electron chi connectivity index (χ2n) is 6.23. The zero-order chi connectivity index (χ0) is 15.5. The molecule has 0 aromatic heterocycles. The molecule has 0 heterocycles. The lowest BCUT2D eigenvalue weighted by Crippen LogP contribution is -2.42. The fourth-order valence-electron chi connectivity index (χ4n) is 2.96. The summed E-state index contributed by atoms with van der Waals surface area (Å²) in [6.07, 6.45) is 11.7. The number of hydrogen-bond acceptors (Lipinski definition) is 1. The molecule has 0 bridgehead atoms. The fourth-order valence-corrected chi connectivity index (χ4v) is 2.96. The minimum absolute atomic E-state index is 0.614. The molecule has 0 saturated heterocycles. The second-order valence-corrected chi connectivity index (χ2v) is 6.23. The van der Waals surface area contributed by atoms with E-state index in [2.05, 4.69) is 59.2 Å². The highest BCUT2D eigenvalue weighted by Crippen LogP contribution is 2.27. The van der Waals surface area contributed by atoms with E-state index in [1.807, 2.05) is 6.08 Å². The van der Waals surface area contributed by atoms with Crippen molar-refractivity contribution in [3.8, 4) is 0 Å². The van der Waals surface area contributed by atoms with Gasteiger partial charge in [-0.25, -0.2) is 0 Å². The van der Waals surface area contributed by atoms with Gasteiger partial charge in [0.05, 0.1) is 0 Å². The van der Waals surface area contributed by atoms with Crippen molar-refractivity contribution in [2.75, 3.05) is 7.05 Å². The van der Waals surface area contributed by atoms with Crippen LogP contribution in [0.1, 0.15) is 73.1 Å². The monoisotopic (exact) mass is 279 g/mol. The lowest BCUT2D eigenvalue weighted by atomic mass is 9.85. The van der Waals surface area contributed by atoms with Gasteiger partial charge in [0, 0.05) is 12.1 Å². The maximum absolute atomic E-state index is 3.84. The molecule has 0 aliphatic heterocycles. The van der Waals surface area contributed by atoms with Crippen LogP contribution in [0.15, 0.2) is 24.3 Å². The first-order valence-electron chi connectivity index (χ1n) is 8.52. The minimum Gasteiger partial charge on any atom is -0.300 e. The molecular weight excluding hydrogens is 242 g/mol. The molecule has 0 N–H and O–H groups in total. The molecule has 1 unspecified atom stereocenters. The van der Waals surface area contributed by atoms with Crippen LogP contribution in [0.4, 0.5) is 0 Å². The lowest BCUT2D eigenvalue weighted by Gasteiger charge is -2.37. The SMILES string of the molecule is C=CC/C=C(\CC)CC([C@H](CC)CCC)N(C)C(C)C. The van der Waals surface area contributed by atoms with Crippen LogP contribution in [-0.4, -0.2) is 24.0 Å². The van der Waals surface area contributed by atoms with Gasteiger partial charge in [0.15, 0.2) is 0 Å². The summed E-state index contributed by atoms with van der Waals surface area (Å²) >= 11 is 0. The Morgan fingerprint density at radius 3 is 2.25 bits per heavy atom. The molecule has 0 spiro atoms. The Kier molecular flexibility index (Phi) is 10.8. The maximum Gasteiger partial charge on any atom is 0.0160 e. The first kappa shape index (κ1) is 19.4. The van der Waals surface area contributed by atoms with Gasteiger partial charge in [-0.05, 0) is 52.5 Å². The predicted molar refractivity (Wildman–Crippen MR) is 93.2 cm³/mol. The van der Waals surface area contributed by atoms with Crippen molar-refractivity contribution in [3.63, 3.8) is 0 Å². The van der Waals surface area contributed by atoms with E-state index in [1.165, 1.54) is 32.1 Å². The zero-order valence-electron chi connectivity index (χ0n) is 14.8. The van der Waals surface area contributed by atoms with Crippen LogP contribution >= 0.6 is 0 Å². The number of allylic oxidation sites excluding steroid dienone is 2. The smallest absolute Gasteiger partial charge is 0.0160 e. The average molecular weight is 280 g/mol. The molecule has 0 radical (unpaired) electrons. The van der Waals surface area contributed by atoms with Crippen molar-refractivity contribution in [2.24, 2.45) is 5.92 Å². The molecule has 1 heteroatoms. The molecule has 0 aliphatic rings. The van der Waals surface area contributed by atoms with Crippen LogP contribution in [-0.2, 0) is 0 Å². The van der Waals surface area contributed by atoms with Crippen LogP contribution in [0, 0.1) is 5.92 Å². The van der Waals surface area contributed by atoms with E-state index in [9.17, 15) is 0 Å². The molecule has 0 aromatic rings. The summed E-state index contributed by atoms with van der Waals surface area (Å²) in [6, 6.07) is 1.29. The highest BCUT2D eigenvalue weighted by Gasteiger charge is 2.25. The molecule has 2 atom stereocenters. The van der Waals surface area contributed by atoms with Gasteiger partial charge >= 0.3 is 0 Å². The Labute approximate surface area is 128 Å². The maximum atomic E-state index is 3.84. The van der Waals surface area contributed by atoms with Crippen LogP contribution < -0.4 is 0 Å². The first-order valence-corrected chi connectivity index (χ1v) is 8.52. The van der Waals surface area contributed by atoms with E-state index in [4.69, 9.17) is 0 Å². The lowest BCUT2D eigenvalue weighted by molar-refractivity contribution is 0.129. The standard InChI is InChI=1S/C19H37N/c1-8-12-14-17(10-3)15-19(20(7)16(5)6)18(11-4)13-9-2/h8,14,16,18-19H,1,9-13,15H2,2-7H3/b17-14+/t18-,19?/m1/s1. The van der Waals surface area contributed by atoms with Crippen molar-refractivity contribution >= 4 is 0 Å². The van der Waals surface area contributed by atoms with Gasteiger partial charge in [0.2, 0.25) is 0 Å². The average Bonchev–Trinajstić information content (AvgIpc) is 2.45. The summed E-state index contributed by atoms with van der Waals surface area (Å²) in [4.78, 5) is 2.58. The van der Waals surface area contributed by atoms with Gasteiger partial charge < -0.3 is 4.90 Å². The zero-order valence-corrected chi connectivity index (χ0v) is 14.8. The molecule has 0 amide bonds. The highest BCUT2D eigenvalue weighted by molar-refractivity contribution is 5.07. The largest absolute Gasteiger partial charge is 0.300 e. The van der Waals surface area contributed by atoms with Crippen LogP contribution in [0.2, 0.25) is 0 Å². The molecule has 0 saturated carbocycles. The summed E-state index contributed by atoms with van der Waals surface area (Å²) in [5.41, 5.74) is 1.59. The Morgan fingerprint density at radius 1 is 1.20 bits per heavy atom. The van der Waals surface area contributed by atoms with Crippen molar-refractivity contribution in [3.05, 3.63) is 24.3 Å². The van der Waals surface area contributed by atoms with E-state index in [0.717, 1.165) is 12.3 Å². The number of hydrogen-bond donors (Lipinski definition) is 0. The number of rotatable bonds is 11. The quantitative estimate of drug-likeness (QED) is 0.430.